The van der Waals surface area contributed by atoms with Gasteiger partial charge in [0.05, 0.1) is 5.02 Å². The minimum absolute atomic E-state index is 0.0220. The molecule has 1 aromatic rings. The lowest BCUT2D eigenvalue weighted by atomic mass is 10.1. The van der Waals surface area contributed by atoms with E-state index in [1.807, 2.05) is 6.92 Å². The third-order valence-corrected chi connectivity index (χ3v) is 5.80. The average Bonchev–Trinajstić information content (AvgIpc) is 2.54. The van der Waals surface area contributed by atoms with Crippen molar-refractivity contribution in [3.8, 4) is 0 Å². The summed E-state index contributed by atoms with van der Waals surface area (Å²) in [5.74, 6) is 0. The van der Waals surface area contributed by atoms with Gasteiger partial charge in [0.15, 0.2) is 0 Å². The van der Waals surface area contributed by atoms with Gasteiger partial charge in [-0.1, -0.05) is 24.4 Å². The third-order valence-electron chi connectivity index (χ3n) is 3.31. The first-order valence-corrected chi connectivity index (χ1v) is 7.96. The highest BCUT2D eigenvalue weighted by Crippen LogP contribution is 2.28. The summed E-state index contributed by atoms with van der Waals surface area (Å²) in [6.45, 7) is 2.52. The Balaban J connectivity index is 2.38. The maximum Gasteiger partial charge on any atom is 0.246 e. The van der Waals surface area contributed by atoms with Crippen LogP contribution in [-0.4, -0.2) is 30.3 Å². The Morgan fingerprint density at radius 1 is 1.39 bits per heavy atom. The number of nitrogens with zero attached hydrogens (tertiary/aromatic N) is 2. The van der Waals surface area contributed by atoms with Crippen molar-refractivity contribution in [2.24, 2.45) is 0 Å². The number of halogens is 1. The molecule has 0 spiro atoms. The zero-order valence-corrected chi connectivity index (χ0v) is 11.9. The Bertz CT molecular complexity index is 519. The van der Waals surface area contributed by atoms with E-state index in [0.717, 1.165) is 25.7 Å². The van der Waals surface area contributed by atoms with Gasteiger partial charge in [-0.05, 0) is 25.8 Å². The van der Waals surface area contributed by atoms with Crippen LogP contribution in [0.4, 0.5) is 0 Å². The number of aromatic nitrogens is 1. The second-order valence-corrected chi connectivity index (χ2v) is 6.89. The summed E-state index contributed by atoms with van der Waals surface area (Å²) in [7, 11) is -3.53. The molecule has 1 aliphatic heterocycles. The first kappa shape index (κ1) is 13.8. The van der Waals surface area contributed by atoms with E-state index in [1.54, 1.807) is 4.31 Å². The first-order valence-electron chi connectivity index (χ1n) is 6.15. The second kappa shape index (κ2) is 5.55. The van der Waals surface area contributed by atoms with E-state index < -0.39 is 10.0 Å². The van der Waals surface area contributed by atoms with E-state index in [0.29, 0.717) is 6.54 Å². The number of hydrogen-bond acceptors (Lipinski definition) is 3. The number of pyridine rings is 1. The third kappa shape index (κ3) is 2.68. The van der Waals surface area contributed by atoms with Crippen molar-refractivity contribution < 1.29 is 8.42 Å². The van der Waals surface area contributed by atoms with Crippen molar-refractivity contribution in [1.82, 2.24) is 9.29 Å². The molecule has 0 amide bonds. The molecule has 1 atom stereocenters. The Morgan fingerprint density at radius 3 is 2.89 bits per heavy atom. The van der Waals surface area contributed by atoms with Crippen molar-refractivity contribution in [3.63, 3.8) is 0 Å². The van der Waals surface area contributed by atoms with Crippen molar-refractivity contribution >= 4 is 21.6 Å². The molecule has 2 rings (SSSR count). The van der Waals surface area contributed by atoms with Crippen LogP contribution < -0.4 is 0 Å². The minimum Gasteiger partial charge on any atom is -0.263 e. The van der Waals surface area contributed by atoms with Gasteiger partial charge in [0.25, 0.3) is 0 Å². The molecule has 0 N–H and O–H groups in total. The van der Waals surface area contributed by atoms with Gasteiger partial charge in [-0.3, -0.25) is 4.98 Å². The van der Waals surface area contributed by atoms with E-state index in [2.05, 4.69) is 4.98 Å². The summed E-state index contributed by atoms with van der Waals surface area (Å²) in [5.41, 5.74) is 0. The Morgan fingerprint density at radius 2 is 2.17 bits per heavy atom. The van der Waals surface area contributed by atoms with E-state index >= 15 is 0 Å². The molecule has 0 aliphatic carbocycles. The maximum absolute atomic E-state index is 12.6. The molecule has 1 aliphatic rings. The van der Waals surface area contributed by atoms with E-state index in [4.69, 9.17) is 11.6 Å². The molecule has 4 nitrogen and oxygen atoms in total. The fourth-order valence-electron chi connectivity index (χ4n) is 2.28. The number of rotatable bonds is 2. The molecular weight excluding hydrogens is 272 g/mol. The normalized spacial score (nSPS) is 22.7. The van der Waals surface area contributed by atoms with Crippen LogP contribution in [0.3, 0.4) is 0 Å². The zero-order valence-electron chi connectivity index (χ0n) is 10.3. The molecule has 1 aromatic heterocycles. The fourth-order valence-corrected chi connectivity index (χ4v) is 4.39. The lowest BCUT2D eigenvalue weighted by Gasteiger charge is -2.26. The standard InChI is InChI=1S/C12H17ClN2O2S/c1-10-5-3-2-4-8-15(10)18(16,17)12-9-14-7-6-11(12)13/h6-7,9-10H,2-5,8H2,1H3. The quantitative estimate of drug-likeness (QED) is 0.841. The minimum atomic E-state index is -3.53. The van der Waals surface area contributed by atoms with Gasteiger partial charge in [0.1, 0.15) is 4.90 Å². The SMILES string of the molecule is CC1CCCCCN1S(=O)(=O)c1cnccc1Cl. The fraction of sp³-hybridized carbons (Fsp3) is 0.583. The predicted octanol–water partition coefficient (Wildman–Crippen LogP) is 2.69. The lowest BCUT2D eigenvalue weighted by Crippen LogP contribution is -2.38. The van der Waals surface area contributed by atoms with Crippen LogP contribution in [-0.2, 0) is 10.0 Å². The molecule has 0 bridgehead atoms. The molecule has 2 heterocycles. The molecule has 1 saturated heterocycles. The van der Waals surface area contributed by atoms with E-state index in [9.17, 15) is 8.42 Å². The highest BCUT2D eigenvalue weighted by atomic mass is 35.5. The molecule has 100 valence electrons. The summed E-state index contributed by atoms with van der Waals surface area (Å²) in [6, 6.07) is 1.53. The average molecular weight is 289 g/mol. The van der Waals surface area contributed by atoms with Crippen LogP contribution in [0, 0.1) is 0 Å². The summed E-state index contributed by atoms with van der Waals surface area (Å²) >= 11 is 5.97. The van der Waals surface area contributed by atoms with Gasteiger partial charge in [-0.15, -0.1) is 0 Å². The van der Waals surface area contributed by atoms with Crippen LogP contribution in [0.15, 0.2) is 23.4 Å². The van der Waals surface area contributed by atoms with Crippen molar-refractivity contribution in [2.75, 3.05) is 6.54 Å². The smallest absolute Gasteiger partial charge is 0.246 e. The maximum atomic E-state index is 12.6. The number of hydrogen-bond donors (Lipinski definition) is 0. The summed E-state index contributed by atoms with van der Waals surface area (Å²) in [4.78, 5) is 3.98. The Hall–Kier alpha value is -0.650. The predicted molar refractivity (Wildman–Crippen MR) is 71.1 cm³/mol. The van der Waals surface area contributed by atoms with Crippen LogP contribution >= 0.6 is 11.6 Å². The van der Waals surface area contributed by atoms with Gasteiger partial charge in [-0.2, -0.15) is 4.31 Å². The largest absolute Gasteiger partial charge is 0.263 e. The van der Waals surface area contributed by atoms with Crippen LogP contribution in [0.1, 0.15) is 32.6 Å². The van der Waals surface area contributed by atoms with E-state index in [1.165, 1.54) is 18.5 Å². The van der Waals surface area contributed by atoms with Gasteiger partial charge in [0.2, 0.25) is 10.0 Å². The molecule has 1 unspecified atom stereocenters. The monoisotopic (exact) mass is 288 g/mol. The molecule has 6 heteroatoms. The van der Waals surface area contributed by atoms with Crippen molar-refractivity contribution in [3.05, 3.63) is 23.5 Å². The summed E-state index contributed by atoms with van der Waals surface area (Å²) in [5, 5.41) is 0.237. The van der Waals surface area contributed by atoms with Gasteiger partial charge in [0, 0.05) is 25.0 Å². The molecule has 0 saturated carbocycles. The van der Waals surface area contributed by atoms with Gasteiger partial charge < -0.3 is 0 Å². The van der Waals surface area contributed by atoms with Gasteiger partial charge in [-0.25, -0.2) is 8.42 Å². The lowest BCUT2D eigenvalue weighted by molar-refractivity contribution is 0.342. The van der Waals surface area contributed by atoms with Crippen molar-refractivity contribution in [1.29, 1.82) is 0 Å². The molecule has 1 fully saturated rings. The Kier molecular flexibility index (Phi) is 4.25. The first-order chi connectivity index (χ1) is 8.53. The molecular formula is C12H17ClN2O2S. The Labute approximate surface area is 113 Å². The topological polar surface area (TPSA) is 50.3 Å². The van der Waals surface area contributed by atoms with Crippen LogP contribution in [0.2, 0.25) is 5.02 Å². The molecule has 0 radical (unpaired) electrons. The molecule has 18 heavy (non-hydrogen) atoms. The highest BCUT2D eigenvalue weighted by Gasteiger charge is 2.31. The van der Waals surface area contributed by atoms with Crippen molar-refractivity contribution in [2.45, 2.75) is 43.5 Å². The number of sulfonamides is 1. The zero-order chi connectivity index (χ0) is 13.2. The summed E-state index contributed by atoms with van der Waals surface area (Å²) < 4.78 is 26.7. The summed E-state index contributed by atoms with van der Waals surface area (Å²) in [6.07, 6.45) is 6.78. The van der Waals surface area contributed by atoms with Gasteiger partial charge >= 0.3 is 0 Å². The van der Waals surface area contributed by atoms with E-state index in [-0.39, 0.29) is 16.0 Å². The highest BCUT2D eigenvalue weighted by molar-refractivity contribution is 7.89. The molecule has 0 aromatic carbocycles. The second-order valence-electron chi connectivity index (χ2n) is 4.62. The van der Waals surface area contributed by atoms with Crippen LogP contribution in [0.25, 0.3) is 0 Å². The van der Waals surface area contributed by atoms with Crippen LogP contribution in [0.5, 0.6) is 0 Å².